The summed E-state index contributed by atoms with van der Waals surface area (Å²) in [6.45, 7) is 3.51. The van der Waals surface area contributed by atoms with Crippen molar-refractivity contribution in [2.24, 2.45) is 0 Å². The summed E-state index contributed by atoms with van der Waals surface area (Å²) in [7, 11) is 3.24. The maximum atomic E-state index is 9.39. The molecule has 2 N–H and O–H groups in total. The average molecular weight is 350 g/mol. The van der Waals surface area contributed by atoms with E-state index in [9.17, 15) is 5.11 Å². The maximum Gasteiger partial charge on any atom is 0.124 e. The van der Waals surface area contributed by atoms with Gasteiger partial charge in [-0.25, -0.2) is 0 Å². The number of ether oxygens (including phenoxy) is 2. The Balaban J connectivity index is 1.98. The van der Waals surface area contributed by atoms with Gasteiger partial charge in [0.1, 0.15) is 11.5 Å². The highest BCUT2D eigenvalue weighted by Crippen LogP contribution is 2.29. The van der Waals surface area contributed by atoms with Gasteiger partial charge in [0.05, 0.1) is 20.8 Å². The first-order chi connectivity index (χ1) is 11.6. The van der Waals surface area contributed by atoms with Gasteiger partial charge in [0.15, 0.2) is 0 Å². The second-order valence-electron chi connectivity index (χ2n) is 5.70. The molecule has 0 saturated heterocycles. The van der Waals surface area contributed by atoms with E-state index in [2.05, 4.69) is 11.4 Å². The second kappa shape index (κ2) is 8.92. The number of methoxy groups -OCH3 is 2. The predicted octanol–water partition coefficient (Wildman–Crippen LogP) is 3.49. The molecule has 0 saturated carbocycles. The monoisotopic (exact) mass is 349 g/mol. The van der Waals surface area contributed by atoms with Gasteiger partial charge >= 0.3 is 0 Å². The summed E-state index contributed by atoms with van der Waals surface area (Å²) in [5.74, 6) is 1.44. The van der Waals surface area contributed by atoms with Gasteiger partial charge < -0.3 is 19.9 Å². The van der Waals surface area contributed by atoms with Gasteiger partial charge in [-0.1, -0.05) is 17.7 Å². The first-order valence-electron chi connectivity index (χ1n) is 7.88. The van der Waals surface area contributed by atoms with Crippen LogP contribution in [0.5, 0.6) is 11.5 Å². The number of rotatable bonds is 8. The zero-order valence-electron chi connectivity index (χ0n) is 14.4. The predicted molar refractivity (Wildman–Crippen MR) is 97.1 cm³/mol. The quantitative estimate of drug-likeness (QED) is 0.716. The van der Waals surface area contributed by atoms with E-state index in [0.29, 0.717) is 5.75 Å². The van der Waals surface area contributed by atoms with Crippen LogP contribution in [0.4, 0.5) is 0 Å². The van der Waals surface area contributed by atoms with Crippen LogP contribution >= 0.6 is 11.6 Å². The van der Waals surface area contributed by atoms with Gasteiger partial charge in [-0.05, 0) is 60.8 Å². The van der Waals surface area contributed by atoms with Crippen molar-refractivity contribution in [2.75, 3.05) is 20.8 Å². The minimum absolute atomic E-state index is 0.0772. The summed E-state index contributed by atoms with van der Waals surface area (Å²) >= 11 is 6.08. The van der Waals surface area contributed by atoms with E-state index in [1.807, 2.05) is 31.2 Å². The van der Waals surface area contributed by atoms with E-state index in [1.54, 1.807) is 14.2 Å². The minimum atomic E-state index is -0.0772. The molecule has 0 aliphatic carbocycles. The van der Waals surface area contributed by atoms with Crippen molar-refractivity contribution in [2.45, 2.75) is 26.5 Å². The molecule has 0 spiro atoms. The summed E-state index contributed by atoms with van der Waals surface area (Å²) in [5, 5.41) is 13.6. The lowest BCUT2D eigenvalue weighted by Gasteiger charge is -2.14. The molecular weight excluding hydrogens is 326 g/mol. The molecule has 0 amide bonds. The number of hydrogen-bond donors (Lipinski definition) is 2. The summed E-state index contributed by atoms with van der Waals surface area (Å²) in [6, 6.07) is 9.80. The van der Waals surface area contributed by atoms with Crippen LogP contribution in [0.1, 0.15) is 22.3 Å². The molecule has 0 fully saturated rings. The first kappa shape index (κ1) is 18.6. The fraction of sp³-hybridized carbons (Fsp3) is 0.368. The minimum Gasteiger partial charge on any atom is -0.496 e. The number of hydrogen-bond acceptors (Lipinski definition) is 4. The van der Waals surface area contributed by atoms with Crippen molar-refractivity contribution >= 4 is 11.6 Å². The van der Waals surface area contributed by atoms with Gasteiger partial charge in [0.25, 0.3) is 0 Å². The summed E-state index contributed by atoms with van der Waals surface area (Å²) in [6.07, 6.45) is 0.796. The molecule has 130 valence electrons. The SMILES string of the molecule is COc1cc(CCNCc2cc(C)cc(Cl)c2)c(OC)cc1CO. The van der Waals surface area contributed by atoms with E-state index in [1.165, 1.54) is 5.56 Å². The molecule has 0 bridgehead atoms. The van der Waals surface area contributed by atoms with Crippen LogP contribution in [-0.4, -0.2) is 25.9 Å². The van der Waals surface area contributed by atoms with Crippen LogP contribution in [0.25, 0.3) is 0 Å². The Morgan fingerprint density at radius 3 is 2.29 bits per heavy atom. The van der Waals surface area contributed by atoms with E-state index in [-0.39, 0.29) is 6.61 Å². The molecule has 0 radical (unpaired) electrons. The van der Waals surface area contributed by atoms with E-state index < -0.39 is 0 Å². The van der Waals surface area contributed by atoms with Gasteiger partial charge in [-0.2, -0.15) is 0 Å². The van der Waals surface area contributed by atoms with E-state index in [0.717, 1.165) is 47.0 Å². The van der Waals surface area contributed by atoms with Crippen LogP contribution in [0.15, 0.2) is 30.3 Å². The third kappa shape index (κ3) is 4.87. The van der Waals surface area contributed by atoms with Crippen molar-refractivity contribution < 1.29 is 14.6 Å². The molecule has 4 nitrogen and oxygen atoms in total. The maximum absolute atomic E-state index is 9.39. The Morgan fingerprint density at radius 2 is 1.67 bits per heavy atom. The van der Waals surface area contributed by atoms with E-state index >= 15 is 0 Å². The van der Waals surface area contributed by atoms with Crippen molar-refractivity contribution in [3.8, 4) is 11.5 Å². The van der Waals surface area contributed by atoms with Crippen LogP contribution in [0.3, 0.4) is 0 Å². The highest BCUT2D eigenvalue weighted by Gasteiger charge is 2.10. The third-order valence-electron chi connectivity index (χ3n) is 3.86. The molecule has 0 aliphatic rings. The molecule has 0 aromatic heterocycles. The molecule has 24 heavy (non-hydrogen) atoms. The summed E-state index contributed by atoms with van der Waals surface area (Å²) in [4.78, 5) is 0. The van der Waals surface area contributed by atoms with Crippen molar-refractivity contribution in [1.29, 1.82) is 0 Å². The van der Waals surface area contributed by atoms with Gasteiger partial charge in [0.2, 0.25) is 0 Å². The topological polar surface area (TPSA) is 50.7 Å². The first-order valence-corrected chi connectivity index (χ1v) is 8.26. The molecule has 2 aromatic carbocycles. The van der Waals surface area contributed by atoms with Gasteiger partial charge in [-0.3, -0.25) is 0 Å². The van der Waals surface area contributed by atoms with Crippen molar-refractivity contribution in [3.63, 3.8) is 0 Å². The number of aliphatic hydroxyl groups excluding tert-OH is 1. The third-order valence-corrected chi connectivity index (χ3v) is 4.07. The van der Waals surface area contributed by atoms with Gasteiger partial charge in [0, 0.05) is 17.1 Å². The molecule has 2 aromatic rings. The number of benzene rings is 2. The Labute approximate surface area is 148 Å². The smallest absolute Gasteiger partial charge is 0.124 e. The fourth-order valence-corrected chi connectivity index (χ4v) is 3.03. The lowest BCUT2D eigenvalue weighted by atomic mass is 10.1. The standard InChI is InChI=1S/C19H24ClNO3/c1-13-6-14(8-17(20)7-13)11-21-5-4-15-9-19(24-3)16(12-22)10-18(15)23-2/h6-10,21-22H,4-5,11-12H2,1-3H3. The average Bonchev–Trinajstić information content (AvgIpc) is 2.57. The molecule has 2 rings (SSSR count). The van der Waals surface area contributed by atoms with Crippen molar-refractivity contribution in [1.82, 2.24) is 5.32 Å². The zero-order valence-corrected chi connectivity index (χ0v) is 15.1. The van der Waals surface area contributed by atoms with Crippen molar-refractivity contribution in [3.05, 3.63) is 57.6 Å². The fourth-order valence-electron chi connectivity index (χ4n) is 2.71. The molecule has 0 atom stereocenters. The number of aryl methyl sites for hydroxylation is 1. The summed E-state index contributed by atoms with van der Waals surface area (Å²) < 4.78 is 10.7. The Bertz CT molecular complexity index is 668. The zero-order chi connectivity index (χ0) is 17.5. The van der Waals surface area contributed by atoms with E-state index in [4.69, 9.17) is 21.1 Å². The number of nitrogens with one attached hydrogen (secondary N) is 1. The molecule has 0 heterocycles. The lowest BCUT2D eigenvalue weighted by molar-refractivity contribution is 0.272. The Kier molecular flexibility index (Phi) is 6.91. The van der Waals surface area contributed by atoms with Crippen LogP contribution in [-0.2, 0) is 19.6 Å². The normalized spacial score (nSPS) is 10.7. The molecular formula is C19H24ClNO3. The van der Waals surface area contributed by atoms with Gasteiger partial charge in [-0.15, -0.1) is 0 Å². The molecule has 0 aliphatic heterocycles. The van der Waals surface area contributed by atoms with Crippen LogP contribution < -0.4 is 14.8 Å². The molecule has 0 unspecified atom stereocenters. The molecule has 5 heteroatoms. The number of halogens is 1. The highest BCUT2D eigenvalue weighted by molar-refractivity contribution is 6.30. The van der Waals surface area contributed by atoms with Crippen LogP contribution in [0, 0.1) is 6.92 Å². The largest absolute Gasteiger partial charge is 0.496 e. The Hall–Kier alpha value is -1.75. The highest BCUT2D eigenvalue weighted by atomic mass is 35.5. The number of aliphatic hydroxyl groups is 1. The summed E-state index contributed by atoms with van der Waals surface area (Å²) in [5.41, 5.74) is 4.09. The second-order valence-corrected chi connectivity index (χ2v) is 6.13. The lowest BCUT2D eigenvalue weighted by Crippen LogP contribution is -2.17. The Morgan fingerprint density at radius 1 is 1.00 bits per heavy atom. The van der Waals surface area contributed by atoms with Crippen LogP contribution in [0.2, 0.25) is 5.02 Å².